The van der Waals surface area contributed by atoms with Crippen LogP contribution in [0, 0.1) is 5.92 Å². The number of nitrogen functional groups attached to an aromatic ring is 1. The van der Waals surface area contributed by atoms with Crippen molar-refractivity contribution in [3.8, 4) is 0 Å². The number of aromatic nitrogens is 3. The number of H-pyrrole nitrogens is 1. The molecule has 0 saturated carbocycles. The highest BCUT2D eigenvalue weighted by Gasteiger charge is 2.34. The van der Waals surface area contributed by atoms with Crippen molar-refractivity contribution < 1.29 is 9.59 Å². The predicted octanol–water partition coefficient (Wildman–Crippen LogP) is 2.58. The number of hydrogen-bond donors (Lipinski definition) is 3. The lowest BCUT2D eigenvalue weighted by Gasteiger charge is -2.38. The summed E-state index contributed by atoms with van der Waals surface area (Å²) >= 11 is 0. The molecule has 2 amide bonds. The number of pyridine rings is 1. The van der Waals surface area contributed by atoms with Gasteiger partial charge in [0.15, 0.2) is 0 Å². The number of anilines is 2. The smallest absolute Gasteiger partial charge is 0.314 e. The molecule has 3 aromatic rings. The summed E-state index contributed by atoms with van der Waals surface area (Å²) in [6, 6.07) is 8.24. The molecule has 174 valence electrons. The zero-order valence-corrected chi connectivity index (χ0v) is 19.3. The normalized spacial score (nSPS) is 18.6. The van der Waals surface area contributed by atoms with Gasteiger partial charge in [-0.2, -0.15) is 5.10 Å². The molecule has 2 atom stereocenters. The van der Waals surface area contributed by atoms with Crippen LogP contribution in [0.15, 0.2) is 36.7 Å². The molecule has 1 aliphatic rings. The van der Waals surface area contributed by atoms with E-state index >= 15 is 0 Å². The molecule has 0 bridgehead atoms. The topological polar surface area (TPSA) is 120 Å². The van der Waals surface area contributed by atoms with Gasteiger partial charge in [-0.1, -0.05) is 31.2 Å². The first kappa shape index (κ1) is 22.7. The van der Waals surface area contributed by atoms with Crippen molar-refractivity contribution >= 4 is 34.2 Å². The number of carbonyl (C=O) groups is 2. The number of carbonyl (C=O) groups excluding carboxylic acids is 2. The van der Waals surface area contributed by atoms with Gasteiger partial charge >= 0.3 is 11.8 Å². The first-order valence-electron chi connectivity index (χ1n) is 11.3. The highest BCUT2D eigenvalue weighted by atomic mass is 16.2. The van der Waals surface area contributed by atoms with Gasteiger partial charge in [-0.25, -0.2) is 4.98 Å². The molecule has 1 saturated heterocycles. The van der Waals surface area contributed by atoms with Crippen LogP contribution in [-0.2, 0) is 16.0 Å². The van der Waals surface area contributed by atoms with Crippen LogP contribution >= 0.6 is 0 Å². The van der Waals surface area contributed by atoms with E-state index in [-0.39, 0.29) is 6.04 Å². The van der Waals surface area contributed by atoms with Crippen molar-refractivity contribution in [2.75, 3.05) is 38.2 Å². The minimum Gasteiger partial charge on any atom is -0.383 e. The first-order chi connectivity index (χ1) is 15.8. The largest absolute Gasteiger partial charge is 0.383 e. The molecule has 4 N–H and O–H groups in total. The standard InChI is InChI=1S/C24H31N7O2/c1-15-7-8-20(17-6-4-5-16(11-17)9-10-30(2)3)31(14-15)24(33)23(32)28-19-13-26-22(25)18-12-27-29-21(18)19/h4-6,11-13,15,20H,7-10,14H2,1-3H3,(H2,25,26)(H,27,29)(H,28,32)/t15-,20+/m0/s1. The third-order valence-electron chi connectivity index (χ3n) is 6.22. The molecule has 1 aromatic carbocycles. The van der Waals surface area contributed by atoms with Gasteiger partial charge in [0, 0.05) is 13.1 Å². The van der Waals surface area contributed by atoms with E-state index in [0.29, 0.717) is 34.9 Å². The van der Waals surface area contributed by atoms with Crippen LogP contribution in [0.1, 0.15) is 36.9 Å². The second-order valence-electron chi connectivity index (χ2n) is 9.12. The fourth-order valence-corrected chi connectivity index (χ4v) is 4.39. The second kappa shape index (κ2) is 9.58. The van der Waals surface area contributed by atoms with Crippen molar-refractivity contribution in [3.05, 3.63) is 47.8 Å². The average molecular weight is 450 g/mol. The molecule has 3 heterocycles. The Morgan fingerprint density at radius 1 is 1.27 bits per heavy atom. The van der Waals surface area contributed by atoms with Crippen LogP contribution in [-0.4, -0.2) is 64.0 Å². The van der Waals surface area contributed by atoms with E-state index in [1.165, 1.54) is 11.8 Å². The number of hydrogen-bond acceptors (Lipinski definition) is 6. The second-order valence-corrected chi connectivity index (χ2v) is 9.12. The summed E-state index contributed by atoms with van der Waals surface area (Å²) in [4.78, 5) is 34.3. The van der Waals surface area contributed by atoms with E-state index < -0.39 is 11.8 Å². The van der Waals surface area contributed by atoms with Gasteiger partial charge in [-0.15, -0.1) is 0 Å². The monoisotopic (exact) mass is 449 g/mol. The van der Waals surface area contributed by atoms with Gasteiger partial charge < -0.3 is 20.9 Å². The number of nitrogens with zero attached hydrogens (tertiary/aromatic N) is 4. The van der Waals surface area contributed by atoms with Crippen LogP contribution in [0.25, 0.3) is 10.9 Å². The molecule has 0 spiro atoms. The Balaban J connectivity index is 1.55. The van der Waals surface area contributed by atoms with Crippen LogP contribution in [0.2, 0.25) is 0 Å². The molecule has 1 fully saturated rings. The Hall–Kier alpha value is -3.46. The minimum absolute atomic E-state index is 0.129. The zero-order chi connectivity index (χ0) is 23.5. The number of likely N-dealkylation sites (tertiary alicyclic amines) is 1. The molecule has 0 unspecified atom stereocenters. The maximum atomic E-state index is 13.3. The predicted molar refractivity (Wildman–Crippen MR) is 128 cm³/mol. The van der Waals surface area contributed by atoms with Crippen molar-refractivity contribution in [1.29, 1.82) is 0 Å². The third-order valence-corrected chi connectivity index (χ3v) is 6.22. The van der Waals surface area contributed by atoms with Crippen molar-refractivity contribution in [2.24, 2.45) is 5.92 Å². The summed E-state index contributed by atoms with van der Waals surface area (Å²) in [7, 11) is 4.11. The summed E-state index contributed by atoms with van der Waals surface area (Å²) in [5, 5.41) is 10.1. The minimum atomic E-state index is -0.694. The van der Waals surface area contributed by atoms with E-state index in [0.717, 1.165) is 31.4 Å². The molecule has 1 aliphatic heterocycles. The molecule has 9 nitrogen and oxygen atoms in total. The maximum Gasteiger partial charge on any atom is 0.314 e. The van der Waals surface area contributed by atoms with E-state index in [1.807, 2.05) is 6.07 Å². The number of piperidine rings is 1. The Bertz CT molecular complexity index is 1160. The maximum absolute atomic E-state index is 13.3. The van der Waals surface area contributed by atoms with Gasteiger partial charge in [-0.3, -0.25) is 14.7 Å². The Kier molecular flexibility index (Phi) is 6.60. The lowest BCUT2D eigenvalue weighted by Crippen LogP contribution is -2.46. The number of amides is 2. The lowest BCUT2D eigenvalue weighted by atomic mass is 9.89. The fourth-order valence-electron chi connectivity index (χ4n) is 4.39. The van der Waals surface area contributed by atoms with E-state index in [9.17, 15) is 9.59 Å². The Labute approximate surface area is 193 Å². The van der Waals surface area contributed by atoms with Crippen molar-refractivity contribution in [1.82, 2.24) is 25.0 Å². The van der Waals surface area contributed by atoms with E-state index in [2.05, 4.69) is 64.6 Å². The van der Waals surface area contributed by atoms with Gasteiger partial charge in [0.25, 0.3) is 0 Å². The van der Waals surface area contributed by atoms with Crippen molar-refractivity contribution in [2.45, 2.75) is 32.2 Å². The summed E-state index contributed by atoms with van der Waals surface area (Å²) in [6.45, 7) is 3.60. The summed E-state index contributed by atoms with van der Waals surface area (Å²) in [6.07, 6.45) is 5.75. The highest BCUT2D eigenvalue weighted by molar-refractivity contribution is 6.40. The number of rotatable bonds is 5. The lowest BCUT2D eigenvalue weighted by molar-refractivity contribution is -0.146. The number of nitrogens with two attached hydrogens (primary N) is 1. The number of nitrogens with one attached hydrogen (secondary N) is 2. The van der Waals surface area contributed by atoms with Crippen LogP contribution < -0.4 is 11.1 Å². The quantitative estimate of drug-likeness (QED) is 0.515. The molecule has 0 radical (unpaired) electrons. The molecular formula is C24H31N7O2. The third kappa shape index (κ3) is 4.98. The van der Waals surface area contributed by atoms with Gasteiger partial charge in [0.2, 0.25) is 0 Å². The first-order valence-corrected chi connectivity index (χ1v) is 11.3. The average Bonchev–Trinajstić information content (AvgIpc) is 3.30. The Morgan fingerprint density at radius 3 is 2.88 bits per heavy atom. The van der Waals surface area contributed by atoms with Crippen LogP contribution in [0.4, 0.5) is 11.5 Å². The molecule has 0 aliphatic carbocycles. The van der Waals surface area contributed by atoms with Crippen LogP contribution in [0.3, 0.4) is 0 Å². The van der Waals surface area contributed by atoms with Crippen LogP contribution in [0.5, 0.6) is 0 Å². The molecule has 4 rings (SSSR count). The fraction of sp³-hybridized carbons (Fsp3) is 0.417. The molecular weight excluding hydrogens is 418 g/mol. The summed E-state index contributed by atoms with van der Waals surface area (Å²) in [5.41, 5.74) is 9.08. The van der Waals surface area contributed by atoms with E-state index in [1.54, 1.807) is 11.1 Å². The number of aromatic amines is 1. The van der Waals surface area contributed by atoms with Gasteiger partial charge in [-0.05, 0) is 50.4 Å². The zero-order valence-electron chi connectivity index (χ0n) is 19.3. The number of likely N-dealkylation sites (N-methyl/N-ethyl adjacent to an activating group) is 1. The van der Waals surface area contributed by atoms with Gasteiger partial charge in [0.1, 0.15) is 5.82 Å². The molecule has 2 aromatic heterocycles. The molecule has 9 heteroatoms. The summed E-state index contributed by atoms with van der Waals surface area (Å²) in [5.74, 6) is -0.607. The Morgan fingerprint density at radius 2 is 2.09 bits per heavy atom. The van der Waals surface area contributed by atoms with Gasteiger partial charge in [0.05, 0.1) is 35.0 Å². The van der Waals surface area contributed by atoms with Crippen molar-refractivity contribution in [3.63, 3.8) is 0 Å². The highest BCUT2D eigenvalue weighted by Crippen LogP contribution is 2.34. The summed E-state index contributed by atoms with van der Waals surface area (Å²) < 4.78 is 0. The molecule has 33 heavy (non-hydrogen) atoms. The van der Waals surface area contributed by atoms with E-state index in [4.69, 9.17) is 5.73 Å². The SMILES string of the molecule is C[C@H]1CC[C@H](c2cccc(CCN(C)C)c2)N(C(=O)C(=O)Nc2cnc(N)c3cn[nH]c23)C1. The number of fused-ring (bicyclic) bond motifs is 1. The number of benzene rings is 1.